The molecule has 1 unspecified atom stereocenters. The summed E-state index contributed by atoms with van der Waals surface area (Å²) in [6, 6.07) is 18.4. The lowest BCUT2D eigenvalue weighted by molar-refractivity contribution is -0.130. The van der Waals surface area contributed by atoms with Gasteiger partial charge in [-0.25, -0.2) is 5.01 Å². The van der Waals surface area contributed by atoms with Crippen LogP contribution in [0.4, 0.5) is 0 Å². The molecule has 2 heterocycles. The number of ether oxygens (including phenoxy) is 1. The number of thioether (sulfide) groups is 1. The van der Waals surface area contributed by atoms with E-state index in [4.69, 9.17) is 9.84 Å². The van der Waals surface area contributed by atoms with E-state index in [0.717, 1.165) is 33.6 Å². The maximum absolute atomic E-state index is 13.5. The van der Waals surface area contributed by atoms with Gasteiger partial charge in [0, 0.05) is 18.4 Å². The van der Waals surface area contributed by atoms with E-state index in [-0.39, 0.29) is 17.7 Å². The van der Waals surface area contributed by atoms with Crippen LogP contribution in [0, 0.1) is 0 Å². The molecule has 1 atom stereocenters. The van der Waals surface area contributed by atoms with Crippen molar-refractivity contribution in [2.24, 2.45) is 5.10 Å². The van der Waals surface area contributed by atoms with Crippen molar-refractivity contribution >= 4 is 23.4 Å². The Morgan fingerprint density at radius 3 is 2.47 bits per heavy atom. The van der Waals surface area contributed by atoms with Gasteiger partial charge in [0.05, 0.1) is 24.6 Å². The molecule has 34 heavy (non-hydrogen) atoms. The standard InChI is InChI=1S/C26H27N5O2S/c1-33-21-13-9-18(10-14-21)23-15-22(17-5-3-2-4-6-17)29-31(23)24(32)16-34-26-28-27-25(19-7-8-19)30(26)20-11-12-20/h2-6,9-10,13-14,19-20,23H,7-8,11-12,15-16H2,1H3. The van der Waals surface area contributed by atoms with Gasteiger partial charge in [0.25, 0.3) is 5.91 Å². The summed E-state index contributed by atoms with van der Waals surface area (Å²) in [5.74, 6) is 2.72. The fourth-order valence-electron chi connectivity index (χ4n) is 4.51. The van der Waals surface area contributed by atoms with E-state index in [2.05, 4.69) is 14.8 Å². The molecule has 2 fully saturated rings. The number of nitrogens with zero attached hydrogens (tertiary/aromatic N) is 5. The molecule has 174 valence electrons. The van der Waals surface area contributed by atoms with Crippen LogP contribution in [0.25, 0.3) is 0 Å². The summed E-state index contributed by atoms with van der Waals surface area (Å²) < 4.78 is 7.61. The number of hydrogen-bond acceptors (Lipinski definition) is 6. The summed E-state index contributed by atoms with van der Waals surface area (Å²) in [7, 11) is 1.66. The quantitative estimate of drug-likeness (QED) is 0.432. The van der Waals surface area contributed by atoms with Crippen LogP contribution in [0.1, 0.15) is 67.1 Å². The van der Waals surface area contributed by atoms with Gasteiger partial charge in [-0.3, -0.25) is 4.79 Å². The number of amides is 1. The van der Waals surface area contributed by atoms with Crippen LogP contribution in [-0.2, 0) is 4.79 Å². The van der Waals surface area contributed by atoms with Crippen LogP contribution in [0.3, 0.4) is 0 Å². The number of carbonyl (C=O) groups excluding carboxylic acids is 1. The van der Waals surface area contributed by atoms with Crippen molar-refractivity contribution in [3.63, 3.8) is 0 Å². The van der Waals surface area contributed by atoms with Gasteiger partial charge in [-0.1, -0.05) is 54.2 Å². The Kier molecular flexibility index (Phi) is 5.61. The van der Waals surface area contributed by atoms with Crippen LogP contribution < -0.4 is 4.74 Å². The zero-order valence-electron chi connectivity index (χ0n) is 19.1. The highest BCUT2D eigenvalue weighted by atomic mass is 32.2. The monoisotopic (exact) mass is 473 g/mol. The molecular weight excluding hydrogens is 446 g/mol. The van der Waals surface area contributed by atoms with Gasteiger partial charge in [0.15, 0.2) is 5.16 Å². The molecule has 8 heteroatoms. The van der Waals surface area contributed by atoms with Crippen LogP contribution >= 0.6 is 11.8 Å². The van der Waals surface area contributed by atoms with E-state index in [0.29, 0.717) is 18.4 Å². The van der Waals surface area contributed by atoms with Gasteiger partial charge in [-0.15, -0.1) is 10.2 Å². The first kappa shape index (κ1) is 21.4. The first-order valence-electron chi connectivity index (χ1n) is 11.9. The smallest absolute Gasteiger partial charge is 0.253 e. The molecule has 2 saturated carbocycles. The zero-order chi connectivity index (χ0) is 23.1. The maximum Gasteiger partial charge on any atom is 0.253 e. The Labute approximate surface area is 203 Å². The highest BCUT2D eigenvalue weighted by molar-refractivity contribution is 7.99. The molecular formula is C26H27N5O2S. The lowest BCUT2D eigenvalue weighted by Gasteiger charge is -2.22. The van der Waals surface area contributed by atoms with E-state index in [1.54, 1.807) is 12.1 Å². The first-order valence-corrected chi connectivity index (χ1v) is 12.9. The highest BCUT2D eigenvalue weighted by Crippen LogP contribution is 2.46. The van der Waals surface area contributed by atoms with Gasteiger partial charge >= 0.3 is 0 Å². The van der Waals surface area contributed by atoms with Crippen molar-refractivity contribution in [2.75, 3.05) is 12.9 Å². The molecule has 0 spiro atoms. The minimum atomic E-state index is -0.141. The molecule has 3 aromatic rings. The molecule has 6 rings (SSSR count). The first-order chi connectivity index (χ1) is 16.7. The van der Waals surface area contributed by atoms with Gasteiger partial charge in [0.2, 0.25) is 0 Å². The largest absolute Gasteiger partial charge is 0.497 e. The second-order valence-electron chi connectivity index (χ2n) is 9.15. The summed E-state index contributed by atoms with van der Waals surface area (Å²) >= 11 is 1.49. The fourth-order valence-corrected chi connectivity index (χ4v) is 5.37. The minimum Gasteiger partial charge on any atom is -0.497 e. The Balaban J connectivity index is 1.24. The summed E-state index contributed by atoms with van der Waals surface area (Å²) in [4.78, 5) is 13.5. The van der Waals surface area contributed by atoms with Crippen LogP contribution in [-0.4, -0.2) is 44.3 Å². The third-order valence-electron chi connectivity index (χ3n) is 6.64. The average Bonchev–Trinajstić information content (AvgIpc) is 3.82. The lowest BCUT2D eigenvalue weighted by Crippen LogP contribution is -2.28. The highest BCUT2D eigenvalue weighted by Gasteiger charge is 2.37. The third kappa shape index (κ3) is 4.22. The Hall–Kier alpha value is -3.13. The number of carbonyl (C=O) groups is 1. The van der Waals surface area contributed by atoms with E-state index in [1.165, 1.54) is 37.4 Å². The van der Waals surface area contributed by atoms with E-state index in [1.807, 2.05) is 54.6 Å². The molecule has 2 aliphatic carbocycles. The molecule has 0 N–H and O–H groups in total. The number of aromatic nitrogens is 3. The van der Waals surface area contributed by atoms with Gasteiger partial charge in [0.1, 0.15) is 11.6 Å². The maximum atomic E-state index is 13.5. The van der Waals surface area contributed by atoms with Crippen molar-refractivity contribution < 1.29 is 9.53 Å². The Morgan fingerprint density at radius 1 is 1.03 bits per heavy atom. The molecule has 1 aliphatic heterocycles. The second-order valence-corrected chi connectivity index (χ2v) is 10.1. The van der Waals surface area contributed by atoms with Crippen LogP contribution in [0.2, 0.25) is 0 Å². The molecule has 2 aromatic carbocycles. The molecule has 1 amide bonds. The van der Waals surface area contributed by atoms with Crippen molar-refractivity contribution in [3.05, 3.63) is 71.5 Å². The van der Waals surface area contributed by atoms with Crippen molar-refractivity contribution in [3.8, 4) is 5.75 Å². The van der Waals surface area contributed by atoms with Crippen molar-refractivity contribution in [1.82, 2.24) is 19.8 Å². The normalized spacial score (nSPS) is 19.9. The second kappa shape index (κ2) is 8.91. The van der Waals surface area contributed by atoms with Crippen molar-refractivity contribution in [2.45, 2.75) is 55.3 Å². The van der Waals surface area contributed by atoms with E-state index in [9.17, 15) is 4.79 Å². The number of hydrogen-bond donors (Lipinski definition) is 0. The lowest BCUT2D eigenvalue weighted by atomic mass is 9.98. The molecule has 0 saturated heterocycles. The number of benzene rings is 2. The molecule has 0 bridgehead atoms. The fraction of sp³-hybridized carbons (Fsp3) is 0.385. The summed E-state index contributed by atoms with van der Waals surface area (Å²) in [6.45, 7) is 0. The molecule has 7 nitrogen and oxygen atoms in total. The summed E-state index contributed by atoms with van der Waals surface area (Å²) in [5, 5.41) is 16.3. The Bertz CT molecular complexity index is 1220. The van der Waals surface area contributed by atoms with Crippen LogP contribution in [0.15, 0.2) is 64.9 Å². The molecule has 3 aliphatic rings. The van der Waals surface area contributed by atoms with E-state index >= 15 is 0 Å². The molecule has 1 aromatic heterocycles. The molecule has 0 radical (unpaired) electrons. The predicted molar refractivity (Wildman–Crippen MR) is 131 cm³/mol. The van der Waals surface area contributed by atoms with E-state index < -0.39 is 0 Å². The number of rotatable bonds is 8. The van der Waals surface area contributed by atoms with Gasteiger partial charge < -0.3 is 9.30 Å². The topological polar surface area (TPSA) is 72.6 Å². The summed E-state index contributed by atoms with van der Waals surface area (Å²) in [6.07, 6.45) is 5.42. The number of methoxy groups -OCH3 is 1. The minimum absolute atomic E-state index is 0.0185. The van der Waals surface area contributed by atoms with Gasteiger partial charge in [-0.2, -0.15) is 5.10 Å². The third-order valence-corrected chi connectivity index (χ3v) is 7.57. The number of hydrazone groups is 1. The van der Waals surface area contributed by atoms with Crippen molar-refractivity contribution in [1.29, 1.82) is 0 Å². The zero-order valence-corrected chi connectivity index (χ0v) is 19.9. The summed E-state index contributed by atoms with van der Waals surface area (Å²) in [5.41, 5.74) is 3.02. The Morgan fingerprint density at radius 2 is 1.79 bits per heavy atom. The predicted octanol–water partition coefficient (Wildman–Crippen LogP) is 4.97. The SMILES string of the molecule is COc1ccc(C2CC(c3ccccc3)=NN2C(=O)CSc2nnc(C3CC3)n2C2CC2)cc1. The van der Waals surface area contributed by atoms with Crippen LogP contribution in [0.5, 0.6) is 5.75 Å². The van der Waals surface area contributed by atoms with Gasteiger partial charge in [-0.05, 0) is 48.9 Å². The average molecular weight is 474 g/mol.